The Labute approximate surface area is 94.7 Å². The average Bonchev–Trinajstić information content (AvgIpc) is 2.98. The Morgan fingerprint density at radius 2 is 2.06 bits per heavy atom. The van der Waals surface area contributed by atoms with Crippen molar-refractivity contribution in [2.24, 2.45) is 0 Å². The lowest BCUT2D eigenvalue weighted by molar-refractivity contribution is 0.387. The van der Waals surface area contributed by atoms with Crippen LogP contribution in [0.4, 0.5) is 0 Å². The first-order chi connectivity index (χ1) is 8.33. The molecule has 7 heteroatoms. The van der Waals surface area contributed by atoms with Gasteiger partial charge in [0, 0.05) is 0 Å². The van der Waals surface area contributed by atoms with Crippen molar-refractivity contribution in [3.8, 4) is 17.2 Å². The van der Waals surface area contributed by atoms with E-state index in [2.05, 4.69) is 24.9 Å². The van der Waals surface area contributed by atoms with Crippen molar-refractivity contribution in [1.82, 2.24) is 25.1 Å². The van der Waals surface area contributed by atoms with Gasteiger partial charge in [-0.05, 0) is 12.1 Å². The molecular weight excluding hydrogens is 222 g/mol. The maximum atomic E-state index is 10.8. The molecule has 0 unspecified atom stereocenters. The summed E-state index contributed by atoms with van der Waals surface area (Å²) in [6.45, 7) is 0. The number of hydrogen-bond donors (Lipinski definition) is 1. The fraction of sp³-hybridized carbons (Fsp3) is 0. The molecule has 0 saturated heterocycles. The van der Waals surface area contributed by atoms with E-state index >= 15 is 0 Å². The van der Waals surface area contributed by atoms with Crippen LogP contribution in [0, 0.1) is 0 Å². The summed E-state index contributed by atoms with van der Waals surface area (Å²) in [5, 5.41) is 11.8. The van der Waals surface area contributed by atoms with Crippen LogP contribution >= 0.6 is 0 Å². The van der Waals surface area contributed by atoms with Gasteiger partial charge in [0.2, 0.25) is 5.82 Å². The maximum absolute atomic E-state index is 10.8. The normalized spacial score (nSPS) is 10.6. The lowest BCUT2D eigenvalue weighted by Gasteiger charge is -1.96. The molecular formula is C10H7N5O2. The first-order valence-corrected chi connectivity index (χ1v) is 4.87. The molecule has 0 aliphatic heterocycles. The summed E-state index contributed by atoms with van der Waals surface area (Å²) in [5.41, 5.74) is 1.27. The predicted octanol–water partition coefficient (Wildman–Crippen LogP) is 0.611. The third kappa shape index (κ3) is 1.73. The third-order valence-corrected chi connectivity index (χ3v) is 2.16. The highest BCUT2D eigenvalue weighted by Crippen LogP contribution is 2.10. The van der Waals surface area contributed by atoms with Crippen LogP contribution in [0.15, 0.2) is 45.8 Å². The quantitative estimate of drug-likeness (QED) is 0.695. The Kier molecular flexibility index (Phi) is 2.08. The van der Waals surface area contributed by atoms with Crippen LogP contribution in [0.2, 0.25) is 0 Å². The van der Waals surface area contributed by atoms with Crippen LogP contribution in [-0.2, 0) is 0 Å². The number of benzene rings is 1. The van der Waals surface area contributed by atoms with Crippen molar-refractivity contribution in [1.29, 1.82) is 0 Å². The van der Waals surface area contributed by atoms with Gasteiger partial charge in [-0.1, -0.05) is 23.4 Å². The second-order valence-electron chi connectivity index (χ2n) is 3.30. The minimum absolute atomic E-state index is 0.261. The maximum Gasteiger partial charge on any atom is 0.439 e. The van der Waals surface area contributed by atoms with E-state index in [1.54, 1.807) is 0 Å². The van der Waals surface area contributed by atoms with E-state index in [4.69, 9.17) is 0 Å². The number of aromatic amines is 1. The summed E-state index contributed by atoms with van der Waals surface area (Å²) < 4.78 is 4.40. The molecule has 0 amide bonds. The molecule has 0 spiro atoms. The lowest BCUT2D eigenvalue weighted by Crippen LogP contribution is -1.98. The standard InChI is InChI=1S/C10H7N5O2/c16-10-12-9(14-17-10)8-6-11-15(13-8)7-4-2-1-3-5-7/h1-6H,(H,12,14,16). The minimum Gasteiger partial charge on any atom is -0.296 e. The first kappa shape index (κ1) is 9.52. The molecule has 0 aliphatic carbocycles. The highest BCUT2D eigenvalue weighted by atomic mass is 16.5. The van der Waals surface area contributed by atoms with Crippen LogP contribution in [0.3, 0.4) is 0 Å². The smallest absolute Gasteiger partial charge is 0.296 e. The van der Waals surface area contributed by atoms with Gasteiger partial charge in [0.05, 0.1) is 11.9 Å². The van der Waals surface area contributed by atoms with Gasteiger partial charge in [-0.25, -0.2) is 4.79 Å². The lowest BCUT2D eigenvalue weighted by atomic mass is 10.3. The zero-order valence-electron chi connectivity index (χ0n) is 8.57. The van der Waals surface area contributed by atoms with Crippen LogP contribution in [0.25, 0.3) is 17.2 Å². The number of nitrogens with zero attached hydrogens (tertiary/aromatic N) is 4. The second kappa shape index (κ2) is 3.71. The number of aromatic nitrogens is 5. The number of para-hydroxylation sites is 1. The summed E-state index contributed by atoms with van der Waals surface area (Å²) >= 11 is 0. The van der Waals surface area contributed by atoms with Crippen molar-refractivity contribution in [2.75, 3.05) is 0 Å². The molecule has 7 nitrogen and oxygen atoms in total. The Balaban J connectivity index is 2.01. The average molecular weight is 229 g/mol. The highest BCUT2D eigenvalue weighted by molar-refractivity contribution is 5.45. The predicted molar refractivity (Wildman–Crippen MR) is 57.5 cm³/mol. The van der Waals surface area contributed by atoms with E-state index in [1.807, 2.05) is 30.3 Å². The molecule has 1 aromatic carbocycles. The van der Waals surface area contributed by atoms with E-state index in [-0.39, 0.29) is 5.82 Å². The topological polar surface area (TPSA) is 89.6 Å². The fourth-order valence-electron chi connectivity index (χ4n) is 1.40. The molecule has 0 bridgehead atoms. The van der Waals surface area contributed by atoms with Crippen LogP contribution < -0.4 is 5.76 Å². The van der Waals surface area contributed by atoms with Gasteiger partial charge in [-0.2, -0.15) is 9.90 Å². The summed E-state index contributed by atoms with van der Waals surface area (Å²) in [4.78, 5) is 14.7. The molecule has 2 heterocycles. The molecule has 0 fully saturated rings. The van der Waals surface area contributed by atoms with Gasteiger partial charge in [-0.3, -0.25) is 9.51 Å². The molecule has 17 heavy (non-hydrogen) atoms. The van der Waals surface area contributed by atoms with E-state index in [0.29, 0.717) is 5.69 Å². The third-order valence-electron chi connectivity index (χ3n) is 2.16. The highest BCUT2D eigenvalue weighted by Gasteiger charge is 2.09. The molecule has 3 rings (SSSR count). The molecule has 0 saturated carbocycles. The first-order valence-electron chi connectivity index (χ1n) is 4.87. The fourth-order valence-corrected chi connectivity index (χ4v) is 1.40. The number of rotatable bonds is 2. The number of nitrogens with one attached hydrogen (secondary N) is 1. The zero-order valence-corrected chi connectivity index (χ0v) is 8.57. The molecule has 2 aromatic heterocycles. The Morgan fingerprint density at radius 3 is 2.76 bits per heavy atom. The van der Waals surface area contributed by atoms with E-state index in [1.165, 1.54) is 11.0 Å². The SMILES string of the molecule is O=c1[nH]c(-c2cnn(-c3ccccc3)n2)no1. The van der Waals surface area contributed by atoms with Gasteiger partial charge in [0.25, 0.3) is 0 Å². The van der Waals surface area contributed by atoms with Gasteiger partial charge >= 0.3 is 5.76 Å². The van der Waals surface area contributed by atoms with Gasteiger partial charge in [-0.15, -0.1) is 5.10 Å². The van der Waals surface area contributed by atoms with E-state index in [0.717, 1.165) is 5.69 Å². The second-order valence-corrected chi connectivity index (χ2v) is 3.30. The van der Waals surface area contributed by atoms with Crippen LogP contribution in [-0.4, -0.2) is 25.1 Å². The largest absolute Gasteiger partial charge is 0.439 e. The Morgan fingerprint density at radius 1 is 1.24 bits per heavy atom. The summed E-state index contributed by atoms with van der Waals surface area (Å²) in [6, 6.07) is 9.42. The molecule has 84 valence electrons. The summed E-state index contributed by atoms with van der Waals surface area (Å²) in [6.07, 6.45) is 1.50. The zero-order chi connectivity index (χ0) is 11.7. The molecule has 1 N–H and O–H groups in total. The van der Waals surface area contributed by atoms with Crippen molar-refractivity contribution in [3.63, 3.8) is 0 Å². The van der Waals surface area contributed by atoms with Crippen molar-refractivity contribution >= 4 is 0 Å². The van der Waals surface area contributed by atoms with Crippen LogP contribution in [0.5, 0.6) is 0 Å². The van der Waals surface area contributed by atoms with Crippen LogP contribution in [0.1, 0.15) is 0 Å². The Bertz CT molecular complexity index is 682. The van der Waals surface area contributed by atoms with Crippen molar-refractivity contribution in [3.05, 3.63) is 47.1 Å². The van der Waals surface area contributed by atoms with Gasteiger partial charge in [0.15, 0.2) is 5.69 Å². The van der Waals surface area contributed by atoms with E-state index in [9.17, 15) is 4.79 Å². The summed E-state index contributed by atoms with van der Waals surface area (Å²) in [5.74, 6) is -0.355. The number of hydrogen-bond acceptors (Lipinski definition) is 5. The minimum atomic E-state index is -0.616. The van der Waals surface area contributed by atoms with E-state index < -0.39 is 5.76 Å². The Hall–Kier alpha value is -2.70. The molecule has 0 aliphatic rings. The van der Waals surface area contributed by atoms with Gasteiger partial charge in [0.1, 0.15) is 0 Å². The number of H-pyrrole nitrogens is 1. The van der Waals surface area contributed by atoms with Gasteiger partial charge < -0.3 is 0 Å². The molecule has 0 radical (unpaired) electrons. The summed E-state index contributed by atoms with van der Waals surface area (Å²) in [7, 11) is 0. The monoisotopic (exact) mass is 229 g/mol. The van der Waals surface area contributed by atoms with Crippen molar-refractivity contribution in [2.45, 2.75) is 0 Å². The molecule has 0 atom stereocenters. The molecule has 3 aromatic rings. The van der Waals surface area contributed by atoms with Crippen molar-refractivity contribution < 1.29 is 4.52 Å².